The molecular formula is C18H27IN6O2. The second-order valence-corrected chi connectivity index (χ2v) is 7.04. The predicted octanol–water partition coefficient (Wildman–Crippen LogP) is 1.39. The number of likely N-dealkylation sites (tertiary alicyclic amines) is 1. The first-order valence-electron chi connectivity index (χ1n) is 8.93. The van der Waals surface area contributed by atoms with Crippen LogP contribution < -0.4 is 16.0 Å². The highest BCUT2D eigenvalue weighted by atomic mass is 127. The molecule has 1 atom stereocenters. The number of aliphatic imine (C=N–C) groups is 1. The van der Waals surface area contributed by atoms with E-state index in [9.17, 15) is 9.59 Å². The number of nitrogens with zero attached hydrogens (tertiary/aromatic N) is 3. The summed E-state index contributed by atoms with van der Waals surface area (Å²) in [5.74, 6) is 0.717. The Morgan fingerprint density at radius 1 is 1.41 bits per heavy atom. The second-order valence-electron chi connectivity index (χ2n) is 7.04. The number of halogens is 1. The summed E-state index contributed by atoms with van der Waals surface area (Å²) in [6, 6.07) is 3.57. The largest absolute Gasteiger partial charge is 0.351 e. The molecule has 0 radical (unpaired) electrons. The third-order valence-corrected chi connectivity index (χ3v) is 5.43. The van der Waals surface area contributed by atoms with Crippen molar-refractivity contribution in [2.45, 2.75) is 38.8 Å². The molecule has 27 heavy (non-hydrogen) atoms. The molecule has 0 bridgehead atoms. The van der Waals surface area contributed by atoms with Crippen LogP contribution in [0.4, 0.5) is 4.79 Å². The Kier molecular flexibility index (Phi) is 7.01. The average Bonchev–Trinajstić information content (AvgIpc) is 2.90. The van der Waals surface area contributed by atoms with Gasteiger partial charge in [-0.3, -0.25) is 20.1 Å². The van der Waals surface area contributed by atoms with Crippen LogP contribution in [0.2, 0.25) is 0 Å². The zero-order chi connectivity index (χ0) is 18.7. The third-order valence-electron chi connectivity index (χ3n) is 5.43. The van der Waals surface area contributed by atoms with E-state index in [1.54, 1.807) is 13.2 Å². The standard InChI is InChI=1S/C18H26N6O2.HI/c1-12-5-4-8-20-14(12)11-21-16(19-3)24-9-6-13(7-10-24)18(2)15(25)22-17(26)23-18;/h4-5,8,13H,6-7,9-11H2,1-3H3,(H,19,21)(H2,22,23,25,26);1H. The number of carbonyl (C=O) groups is 2. The van der Waals surface area contributed by atoms with Gasteiger partial charge in [-0.2, -0.15) is 0 Å². The van der Waals surface area contributed by atoms with Crippen LogP contribution in [0.1, 0.15) is 31.0 Å². The quantitative estimate of drug-likeness (QED) is 0.260. The molecule has 3 rings (SSSR count). The molecule has 0 spiro atoms. The zero-order valence-electron chi connectivity index (χ0n) is 15.9. The number of amides is 3. The fourth-order valence-corrected chi connectivity index (χ4v) is 3.71. The van der Waals surface area contributed by atoms with Crippen LogP contribution >= 0.6 is 24.0 Å². The lowest BCUT2D eigenvalue weighted by molar-refractivity contribution is -0.125. The Morgan fingerprint density at radius 2 is 2.11 bits per heavy atom. The van der Waals surface area contributed by atoms with Gasteiger partial charge in [0, 0.05) is 26.3 Å². The Hall–Kier alpha value is -1.91. The fraction of sp³-hybridized carbons (Fsp3) is 0.556. The van der Waals surface area contributed by atoms with E-state index in [0.29, 0.717) is 6.54 Å². The average molecular weight is 486 g/mol. The van der Waals surface area contributed by atoms with E-state index in [1.165, 1.54) is 0 Å². The van der Waals surface area contributed by atoms with Crippen molar-refractivity contribution in [1.29, 1.82) is 0 Å². The van der Waals surface area contributed by atoms with Gasteiger partial charge in [-0.15, -0.1) is 24.0 Å². The number of rotatable bonds is 3. The van der Waals surface area contributed by atoms with Gasteiger partial charge in [-0.1, -0.05) is 6.07 Å². The summed E-state index contributed by atoms with van der Waals surface area (Å²) in [5.41, 5.74) is 1.33. The second kappa shape index (κ2) is 8.85. The van der Waals surface area contributed by atoms with Crippen molar-refractivity contribution in [1.82, 2.24) is 25.8 Å². The van der Waals surface area contributed by atoms with Crippen LogP contribution in [-0.4, -0.2) is 53.5 Å². The highest BCUT2D eigenvalue weighted by Crippen LogP contribution is 2.30. The lowest BCUT2D eigenvalue weighted by Gasteiger charge is -2.39. The summed E-state index contributed by atoms with van der Waals surface area (Å²) in [6.07, 6.45) is 3.42. The predicted molar refractivity (Wildman–Crippen MR) is 114 cm³/mol. The van der Waals surface area contributed by atoms with E-state index in [1.807, 2.05) is 26.0 Å². The van der Waals surface area contributed by atoms with Crippen LogP contribution in [0.3, 0.4) is 0 Å². The number of nitrogens with one attached hydrogen (secondary N) is 3. The molecule has 2 aliphatic heterocycles. The minimum absolute atomic E-state index is 0. The lowest BCUT2D eigenvalue weighted by atomic mass is 9.79. The number of piperidine rings is 1. The fourth-order valence-electron chi connectivity index (χ4n) is 3.71. The highest BCUT2D eigenvalue weighted by Gasteiger charge is 2.48. The molecule has 9 heteroatoms. The first-order chi connectivity index (χ1) is 12.4. The Balaban J connectivity index is 0.00000261. The Morgan fingerprint density at radius 3 is 2.67 bits per heavy atom. The van der Waals surface area contributed by atoms with Crippen molar-refractivity contribution >= 4 is 41.9 Å². The van der Waals surface area contributed by atoms with E-state index >= 15 is 0 Å². The number of urea groups is 1. The topological polar surface area (TPSA) is 98.7 Å². The number of hydrogen-bond acceptors (Lipinski definition) is 4. The van der Waals surface area contributed by atoms with E-state index < -0.39 is 11.6 Å². The SMILES string of the molecule is CN=C(NCc1ncccc1C)N1CCC(C2(C)NC(=O)NC2=O)CC1.I. The molecule has 8 nitrogen and oxygen atoms in total. The lowest BCUT2D eigenvalue weighted by Crippen LogP contribution is -2.55. The van der Waals surface area contributed by atoms with Gasteiger partial charge in [0.1, 0.15) is 5.54 Å². The van der Waals surface area contributed by atoms with Crippen molar-refractivity contribution in [3.05, 3.63) is 29.6 Å². The number of aromatic nitrogens is 1. The third kappa shape index (κ3) is 4.50. The van der Waals surface area contributed by atoms with E-state index in [-0.39, 0.29) is 35.8 Å². The monoisotopic (exact) mass is 486 g/mol. The minimum atomic E-state index is -0.814. The summed E-state index contributed by atoms with van der Waals surface area (Å²) >= 11 is 0. The van der Waals surface area contributed by atoms with Crippen LogP contribution in [0.25, 0.3) is 0 Å². The van der Waals surface area contributed by atoms with Gasteiger partial charge in [-0.25, -0.2) is 4.79 Å². The maximum atomic E-state index is 12.1. The number of aryl methyl sites for hydroxylation is 1. The molecular weight excluding hydrogens is 459 g/mol. The molecule has 2 saturated heterocycles. The minimum Gasteiger partial charge on any atom is -0.351 e. The molecule has 3 amide bonds. The highest BCUT2D eigenvalue weighted by molar-refractivity contribution is 14.0. The molecule has 1 unspecified atom stereocenters. The van der Waals surface area contributed by atoms with Crippen molar-refractivity contribution in [2.24, 2.45) is 10.9 Å². The van der Waals surface area contributed by atoms with Crippen LogP contribution in [0, 0.1) is 12.8 Å². The number of carbonyl (C=O) groups excluding carboxylic acids is 2. The first kappa shape index (κ1) is 21.4. The van der Waals surface area contributed by atoms with Gasteiger partial charge < -0.3 is 15.5 Å². The van der Waals surface area contributed by atoms with Gasteiger partial charge in [0.15, 0.2) is 5.96 Å². The Labute approximate surface area is 176 Å². The summed E-state index contributed by atoms with van der Waals surface area (Å²) < 4.78 is 0. The molecule has 2 fully saturated rings. The maximum Gasteiger partial charge on any atom is 0.322 e. The molecule has 3 N–H and O–H groups in total. The van der Waals surface area contributed by atoms with Gasteiger partial charge >= 0.3 is 6.03 Å². The summed E-state index contributed by atoms with van der Waals surface area (Å²) in [7, 11) is 1.77. The molecule has 0 aromatic carbocycles. The van der Waals surface area contributed by atoms with Crippen LogP contribution in [0.15, 0.2) is 23.3 Å². The van der Waals surface area contributed by atoms with Crippen molar-refractivity contribution < 1.29 is 9.59 Å². The summed E-state index contributed by atoms with van der Waals surface area (Å²) in [5, 5.41) is 8.51. The molecule has 1 aromatic heterocycles. The van der Waals surface area contributed by atoms with Crippen molar-refractivity contribution in [2.75, 3.05) is 20.1 Å². The molecule has 1 aromatic rings. The smallest absolute Gasteiger partial charge is 0.322 e. The van der Waals surface area contributed by atoms with Crippen molar-refractivity contribution in [3.63, 3.8) is 0 Å². The normalized spacial score (nSPS) is 23.5. The molecule has 2 aliphatic rings. The van der Waals surface area contributed by atoms with E-state index in [4.69, 9.17) is 0 Å². The zero-order valence-corrected chi connectivity index (χ0v) is 18.2. The summed E-state index contributed by atoms with van der Waals surface area (Å²) in [6.45, 7) is 6.04. The number of imide groups is 1. The van der Waals surface area contributed by atoms with Gasteiger partial charge in [0.05, 0.1) is 12.2 Å². The van der Waals surface area contributed by atoms with Crippen molar-refractivity contribution in [3.8, 4) is 0 Å². The van der Waals surface area contributed by atoms with Crippen LogP contribution in [0.5, 0.6) is 0 Å². The number of guanidine groups is 1. The van der Waals surface area contributed by atoms with E-state index in [0.717, 1.165) is 43.1 Å². The molecule has 148 valence electrons. The maximum absolute atomic E-state index is 12.1. The van der Waals surface area contributed by atoms with Gasteiger partial charge in [0.25, 0.3) is 5.91 Å². The number of hydrogen-bond donors (Lipinski definition) is 3. The Bertz CT molecular complexity index is 732. The molecule has 0 saturated carbocycles. The van der Waals surface area contributed by atoms with Gasteiger partial charge in [0.2, 0.25) is 0 Å². The molecule has 3 heterocycles. The molecule has 0 aliphatic carbocycles. The first-order valence-corrected chi connectivity index (χ1v) is 8.93. The van der Waals surface area contributed by atoms with E-state index in [2.05, 4.69) is 30.8 Å². The van der Waals surface area contributed by atoms with Crippen LogP contribution in [-0.2, 0) is 11.3 Å². The summed E-state index contributed by atoms with van der Waals surface area (Å²) in [4.78, 5) is 34.6. The van der Waals surface area contributed by atoms with Gasteiger partial charge in [-0.05, 0) is 44.2 Å². The number of pyridine rings is 1.